The molecule has 0 saturated heterocycles. The van der Waals surface area contributed by atoms with E-state index in [1.165, 1.54) is 13.2 Å². The number of esters is 1. The summed E-state index contributed by atoms with van der Waals surface area (Å²) in [6.45, 7) is 2.32. The molecule has 2 aromatic carbocycles. The second-order valence-electron chi connectivity index (χ2n) is 6.24. The van der Waals surface area contributed by atoms with Gasteiger partial charge in [0.15, 0.2) is 0 Å². The van der Waals surface area contributed by atoms with Crippen molar-refractivity contribution < 1.29 is 13.9 Å². The quantitative estimate of drug-likeness (QED) is 0.640. The number of carbonyl (C=O) groups is 1. The van der Waals surface area contributed by atoms with Gasteiger partial charge in [0.05, 0.1) is 25.3 Å². The fourth-order valence-electron chi connectivity index (χ4n) is 2.81. The molecule has 0 bridgehead atoms. The van der Waals surface area contributed by atoms with Crippen LogP contribution in [0.1, 0.15) is 24.1 Å². The Kier molecular flexibility index (Phi) is 5.81. The van der Waals surface area contributed by atoms with Crippen LogP contribution in [0.25, 0.3) is 11.1 Å². The average Bonchev–Trinajstić information content (AvgIpc) is 2.72. The average molecular weight is 364 g/mol. The zero-order valence-electron chi connectivity index (χ0n) is 15.3. The Morgan fingerprint density at radius 3 is 2.56 bits per heavy atom. The van der Waals surface area contributed by atoms with E-state index in [1.807, 2.05) is 42.5 Å². The number of nitrogens with zero attached hydrogens (tertiary/aromatic N) is 1. The number of pyridine rings is 1. The minimum absolute atomic E-state index is 0.363. The van der Waals surface area contributed by atoms with Crippen LogP contribution < -0.4 is 5.32 Å². The fourth-order valence-corrected chi connectivity index (χ4v) is 2.81. The molecule has 4 nitrogen and oxygen atoms in total. The Morgan fingerprint density at radius 2 is 1.93 bits per heavy atom. The van der Waals surface area contributed by atoms with Gasteiger partial charge in [0, 0.05) is 17.4 Å². The van der Waals surface area contributed by atoms with Crippen molar-refractivity contribution in [1.29, 1.82) is 0 Å². The first-order valence-electron chi connectivity index (χ1n) is 8.70. The fraction of sp³-hybridized carbons (Fsp3) is 0.182. The Bertz CT molecular complexity index is 911. The van der Waals surface area contributed by atoms with Gasteiger partial charge in [-0.05, 0) is 48.4 Å². The van der Waals surface area contributed by atoms with Crippen molar-refractivity contribution in [2.45, 2.75) is 19.4 Å². The van der Waals surface area contributed by atoms with Crippen LogP contribution in [0.15, 0.2) is 66.9 Å². The van der Waals surface area contributed by atoms with E-state index in [4.69, 9.17) is 4.74 Å². The lowest BCUT2D eigenvalue weighted by Gasteiger charge is -2.12. The van der Waals surface area contributed by atoms with E-state index in [0.29, 0.717) is 17.7 Å². The maximum atomic E-state index is 14.6. The van der Waals surface area contributed by atoms with Gasteiger partial charge in [-0.25, -0.2) is 4.39 Å². The molecule has 138 valence electrons. The summed E-state index contributed by atoms with van der Waals surface area (Å²) in [5.74, 6) is -1.25. The Hall–Kier alpha value is -3.21. The van der Waals surface area contributed by atoms with Crippen molar-refractivity contribution in [2.24, 2.45) is 0 Å². The van der Waals surface area contributed by atoms with E-state index < -0.39 is 5.92 Å². The molecule has 27 heavy (non-hydrogen) atoms. The number of anilines is 1. The third-order valence-electron chi connectivity index (χ3n) is 4.44. The van der Waals surface area contributed by atoms with E-state index in [9.17, 15) is 9.18 Å². The van der Waals surface area contributed by atoms with Crippen LogP contribution in [0.2, 0.25) is 0 Å². The summed E-state index contributed by atoms with van der Waals surface area (Å²) in [4.78, 5) is 15.9. The number of hydrogen-bond donors (Lipinski definition) is 1. The summed E-state index contributed by atoms with van der Waals surface area (Å²) in [7, 11) is 1.33. The Labute approximate surface area is 158 Å². The third kappa shape index (κ3) is 4.50. The highest BCUT2D eigenvalue weighted by molar-refractivity contribution is 5.78. The standard InChI is InChI=1S/C22H21FN2O2/c1-15(22(26)27-2)17-8-11-20(21(23)13-17)16-6-9-18(10-7-16)25-14-19-5-3-4-12-24-19/h3-13,15,25H,14H2,1-2H3. The number of carbonyl (C=O) groups excluding carboxylic acids is 1. The van der Waals surface area contributed by atoms with Crippen LogP contribution in [0.3, 0.4) is 0 Å². The van der Waals surface area contributed by atoms with Gasteiger partial charge < -0.3 is 10.1 Å². The SMILES string of the molecule is COC(=O)C(C)c1ccc(-c2ccc(NCc3ccccn3)cc2)c(F)c1. The number of nitrogens with one attached hydrogen (secondary N) is 1. The molecule has 0 fully saturated rings. The summed E-state index contributed by atoms with van der Waals surface area (Å²) in [6.07, 6.45) is 1.76. The van der Waals surface area contributed by atoms with Crippen LogP contribution in [0.5, 0.6) is 0 Å². The van der Waals surface area contributed by atoms with Crippen molar-refractivity contribution in [3.8, 4) is 11.1 Å². The van der Waals surface area contributed by atoms with Crippen LogP contribution >= 0.6 is 0 Å². The smallest absolute Gasteiger partial charge is 0.312 e. The van der Waals surface area contributed by atoms with E-state index in [0.717, 1.165) is 16.9 Å². The van der Waals surface area contributed by atoms with Crippen molar-refractivity contribution in [3.63, 3.8) is 0 Å². The molecule has 1 atom stereocenters. The normalized spacial score (nSPS) is 11.7. The second kappa shape index (κ2) is 8.45. The monoisotopic (exact) mass is 364 g/mol. The second-order valence-corrected chi connectivity index (χ2v) is 6.24. The highest BCUT2D eigenvalue weighted by atomic mass is 19.1. The molecule has 0 spiro atoms. The minimum Gasteiger partial charge on any atom is -0.469 e. The topological polar surface area (TPSA) is 51.2 Å². The molecule has 0 amide bonds. The lowest BCUT2D eigenvalue weighted by atomic mass is 9.97. The summed E-state index contributed by atoms with van der Waals surface area (Å²) < 4.78 is 19.3. The van der Waals surface area contributed by atoms with Crippen LogP contribution in [-0.2, 0) is 16.1 Å². The van der Waals surface area contributed by atoms with E-state index >= 15 is 0 Å². The van der Waals surface area contributed by atoms with Crippen LogP contribution in [0.4, 0.5) is 10.1 Å². The number of rotatable bonds is 6. The van der Waals surface area contributed by atoms with Gasteiger partial charge in [0.1, 0.15) is 5.82 Å². The summed E-state index contributed by atoms with van der Waals surface area (Å²) in [5, 5.41) is 3.29. The molecular formula is C22H21FN2O2. The van der Waals surface area contributed by atoms with Gasteiger partial charge in [0.2, 0.25) is 0 Å². The molecule has 0 aliphatic carbocycles. The van der Waals surface area contributed by atoms with E-state index in [-0.39, 0.29) is 11.8 Å². The first kappa shape index (κ1) is 18.6. The summed E-state index contributed by atoms with van der Waals surface area (Å²) in [5.41, 5.74) is 3.74. The van der Waals surface area contributed by atoms with Gasteiger partial charge in [-0.15, -0.1) is 0 Å². The lowest BCUT2D eigenvalue weighted by molar-refractivity contribution is -0.141. The predicted octanol–water partition coefficient (Wildman–Crippen LogP) is 4.78. The third-order valence-corrected chi connectivity index (χ3v) is 4.44. The highest BCUT2D eigenvalue weighted by Gasteiger charge is 2.17. The Morgan fingerprint density at radius 1 is 1.15 bits per heavy atom. The molecule has 1 aromatic heterocycles. The molecule has 0 aliphatic heterocycles. The zero-order chi connectivity index (χ0) is 19.2. The Balaban J connectivity index is 1.72. The first-order valence-corrected chi connectivity index (χ1v) is 8.70. The number of hydrogen-bond acceptors (Lipinski definition) is 4. The van der Waals surface area contributed by atoms with Crippen molar-refractivity contribution in [3.05, 3.63) is 83.9 Å². The molecule has 3 rings (SSSR count). The minimum atomic E-state index is -0.503. The van der Waals surface area contributed by atoms with Gasteiger partial charge in [0.25, 0.3) is 0 Å². The van der Waals surface area contributed by atoms with Crippen LogP contribution in [-0.4, -0.2) is 18.1 Å². The van der Waals surface area contributed by atoms with Crippen molar-refractivity contribution in [1.82, 2.24) is 4.98 Å². The largest absolute Gasteiger partial charge is 0.469 e. The number of halogens is 1. The maximum Gasteiger partial charge on any atom is 0.312 e. The predicted molar refractivity (Wildman–Crippen MR) is 104 cm³/mol. The lowest BCUT2D eigenvalue weighted by Crippen LogP contribution is -2.11. The number of aromatic nitrogens is 1. The molecule has 1 N–H and O–H groups in total. The maximum absolute atomic E-state index is 14.6. The first-order chi connectivity index (χ1) is 13.1. The van der Waals surface area contributed by atoms with E-state index in [1.54, 1.807) is 25.3 Å². The molecule has 1 unspecified atom stereocenters. The van der Waals surface area contributed by atoms with Crippen molar-refractivity contribution in [2.75, 3.05) is 12.4 Å². The number of benzene rings is 2. The molecule has 3 aromatic rings. The van der Waals surface area contributed by atoms with Gasteiger partial charge >= 0.3 is 5.97 Å². The van der Waals surface area contributed by atoms with Gasteiger partial charge in [-0.1, -0.05) is 30.3 Å². The molecule has 5 heteroatoms. The molecule has 0 saturated carbocycles. The number of ether oxygens (including phenoxy) is 1. The van der Waals surface area contributed by atoms with Gasteiger partial charge in [-0.3, -0.25) is 9.78 Å². The molecular weight excluding hydrogens is 343 g/mol. The van der Waals surface area contributed by atoms with E-state index in [2.05, 4.69) is 10.3 Å². The molecule has 0 radical (unpaired) electrons. The van der Waals surface area contributed by atoms with Crippen LogP contribution in [0, 0.1) is 5.82 Å². The van der Waals surface area contributed by atoms with Gasteiger partial charge in [-0.2, -0.15) is 0 Å². The van der Waals surface area contributed by atoms with Crippen molar-refractivity contribution >= 4 is 11.7 Å². The zero-order valence-corrected chi connectivity index (χ0v) is 15.3. The number of methoxy groups -OCH3 is 1. The molecule has 1 heterocycles. The summed E-state index contributed by atoms with van der Waals surface area (Å²) in [6, 6.07) is 18.2. The highest BCUT2D eigenvalue weighted by Crippen LogP contribution is 2.28. The summed E-state index contributed by atoms with van der Waals surface area (Å²) >= 11 is 0. The molecule has 0 aliphatic rings.